The lowest BCUT2D eigenvalue weighted by atomic mass is 10.1. The molecule has 7 heteroatoms. The fourth-order valence-corrected chi connectivity index (χ4v) is 2.75. The molecule has 1 rings (SSSR count). The number of rotatable bonds is 7. The van der Waals surface area contributed by atoms with Crippen molar-refractivity contribution in [2.45, 2.75) is 19.4 Å². The maximum Gasteiger partial charge on any atom is 0.217 e. The van der Waals surface area contributed by atoms with Crippen molar-refractivity contribution < 1.29 is 18.3 Å². The molecular formula is C13H22N2O4S. The van der Waals surface area contributed by atoms with Gasteiger partial charge in [0.05, 0.1) is 11.4 Å². The Balaban J connectivity index is 2.49. The van der Waals surface area contributed by atoms with Crippen molar-refractivity contribution in [2.75, 3.05) is 31.7 Å². The standard InChI is InChI=1S/C13H22N2O4S/c1-13(2,16)10-15(3)20(17,18)9-8-19-12-6-4-11(14)5-7-12/h4-7,16H,8-10,14H2,1-3H3. The quantitative estimate of drug-likeness (QED) is 0.723. The number of benzene rings is 1. The Morgan fingerprint density at radius 1 is 1.30 bits per heavy atom. The SMILES string of the molecule is CN(CC(C)(C)O)S(=O)(=O)CCOc1ccc(N)cc1. The molecule has 0 spiro atoms. The summed E-state index contributed by atoms with van der Waals surface area (Å²) in [6, 6.07) is 6.74. The molecule has 0 radical (unpaired) electrons. The molecule has 20 heavy (non-hydrogen) atoms. The molecule has 114 valence electrons. The average Bonchev–Trinajstić information content (AvgIpc) is 2.29. The lowest BCUT2D eigenvalue weighted by molar-refractivity contribution is 0.0639. The third-order valence-corrected chi connectivity index (χ3v) is 4.34. The second kappa shape index (κ2) is 6.43. The van der Waals surface area contributed by atoms with E-state index in [4.69, 9.17) is 10.5 Å². The van der Waals surface area contributed by atoms with Crippen LogP contribution in [0.3, 0.4) is 0 Å². The Bertz CT molecular complexity index is 520. The van der Waals surface area contributed by atoms with E-state index in [1.165, 1.54) is 7.05 Å². The van der Waals surface area contributed by atoms with Gasteiger partial charge in [-0.1, -0.05) is 0 Å². The first-order chi connectivity index (χ1) is 9.10. The topological polar surface area (TPSA) is 92.9 Å². The highest BCUT2D eigenvalue weighted by molar-refractivity contribution is 7.89. The number of hydrogen-bond acceptors (Lipinski definition) is 5. The molecule has 0 heterocycles. The molecule has 1 aromatic rings. The fraction of sp³-hybridized carbons (Fsp3) is 0.538. The molecule has 0 bridgehead atoms. The van der Waals surface area contributed by atoms with E-state index in [0.717, 1.165) is 4.31 Å². The maximum atomic E-state index is 12.0. The zero-order valence-corrected chi connectivity index (χ0v) is 12.9. The number of ether oxygens (including phenoxy) is 1. The average molecular weight is 302 g/mol. The summed E-state index contributed by atoms with van der Waals surface area (Å²) < 4.78 is 30.4. The van der Waals surface area contributed by atoms with Crippen LogP contribution in [0.25, 0.3) is 0 Å². The van der Waals surface area contributed by atoms with Crippen molar-refractivity contribution in [2.24, 2.45) is 0 Å². The zero-order chi connectivity index (χ0) is 15.4. The van der Waals surface area contributed by atoms with E-state index >= 15 is 0 Å². The summed E-state index contributed by atoms with van der Waals surface area (Å²) in [6.07, 6.45) is 0. The lowest BCUT2D eigenvalue weighted by Crippen LogP contribution is -2.41. The predicted octanol–water partition coefficient (Wildman–Crippen LogP) is 0.680. The number of nitrogen functional groups attached to an aromatic ring is 1. The van der Waals surface area contributed by atoms with Crippen LogP contribution in [0, 0.1) is 0 Å². The number of anilines is 1. The van der Waals surface area contributed by atoms with Gasteiger partial charge in [0.25, 0.3) is 0 Å². The predicted molar refractivity (Wildman–Crippen MR) is 79.1 cm³/mol. The Morgan fingerprint density at radius 2 is 1.85 bits per heavy atom. The van der Waals surface area contributed by atoms with E-state index in [0.29, 0.717) is 11.4 Å². The number of sulfonamides is 1. The Hall–Kier alpha value is -1.31. The van der Waals surface area contributed by atoms with Gasteiger partial charge in [0.15, 0.2) is 0 Å². The minimum Gasteiger partial charge on any atom is -0.492 e. The molecule has 0 amide bonds. The number of nitrogens with two attached hydrogens (primary N) is 1. The van der Waals surface area contributed by atoms with Crippen LogP contribution in [-0.4, -0.2) is 49.4 Å². The molecule has 0 fully saturated rings. The van der Waals surface area contributed by atoms with Crippen LogP contribution in [0.1, 0.15) is 13.8 Å². The van der Waals surface area contributed by atoms with Crippen molar-refractivity contribution in [1.82, 2.24) is 4.31 Å². The fourth-order valence-electron chi connectivity index (χ4n) is 1.63. The summed E-state index contributed by atoms with van der Waals surface area (Å²) in [4.78, 5) is 0. The van der Waals surface area contributed by atoms with Gasteiger partial charge in [-0.2, -0.15) is 0 Å². The van der Waals surface area contributed by atoms with E-state index in [1.807, 2.05) is 0 Å². The van der Waals surface area contributed by atoms with Gasteiger partial charge in [-0.15, -0.1) is 0 Å². The van der Waals surface area contributed by atoms with Crippen molar-refractivity contribution >= 4 is 15.7 Å². The monoisotopic (exact) mass is 302 g/mol. The summed E-state index contributed by atoms with van der Waals surface area (Å²) in [5.41, 5.74) is 5.09. The minimum absolute atomic E-state index is 0.0389. The van der Waals surface area contributed by atoms with Crippen LogP contribution in [0.5, 0.6) is 5.75 Å². The Morgan fingerprint density at radius 3 is 2.35 bits per heavy atom. The maximum absolute atomic E-state index is 12.0. The third-order valence-electron chi connectivity index (χ3n) is 2.57. The molecule has 0 aromatic heterocycles. The normalized spacial score (nSPS) is 12.7. The number of hydrogen-bond donors (Lipinski definition) is 2. The first-order valence-corrected chi connectivity index (χ1v) is 7.86. The van der Waals surface area contributed by atoms with Gasteiger partial charge in [-0.25, -0.2) is 12.7 Å². The summed E-state index contributed by atoms with van der Waals surface area (Å²) >= 11 is 0. The highest BCUT2D eigenvalue weighted by Gasteiger charge is 2.24. The first-order valence-electron chi connectivity index (χ1n) is 6.25. The molecule has 0 aliphatic heterocycles. The molecule has 0 unspecified atom stereocenters. The molecule has 6 nitrogen and oxygen atoms in total. The number of aliphatic hydroxyl groups is 1. The van der Waals surface area contributed by atoms with Crippen molar-refractivity contribution in [3.05, 3.63) is 24.3 Å². The van der Waals surface area contributed by atoms with Crippen LogP contribution in [0.15, 0.2) is 24.3 Å². The Labute approximate surface area is 120 Å². The highest BCUT2D eigenvalue weighted by Crippen LogP contribution is 2.13. The molecule has 0 saturated heterocycles. The largest absolute Gasteiger partial charge is 0.492 e. The van der Waals surface area contributed by atoms with Gasteiger partial charge >= 0.3 is 0 Å². The van der Waals surface area contributed by atoms with Crippen molar-refractivity contribution in [3.8, 4) is 5.75 Å². The van der Waals surface area contributed by atoms with E-state index in [9.17, 15) is 13.5 Å². The van der Waals surface area contributed by atoms with Crippen LogP contribution in [-0.2, 0) is 10.0 Å². The van der Waals surface area contributed by atoms with Crippen molar-refractivity contribution in [3.63, 3.8) is 0 Å². The van der Waals surface area contributed by atoms with E-state index in [1.54, 1.807) is 38.1 Å². The molecule has 1 aromatic carbocycles. The van der Waals surface area contributed by atoms with Crippen molar-refractivity contribution in [1.29, 1.82) is 0 Å². The molecule has 0 saturated carbocycles. The summed E-state index contributed by atoms with van der Waals surface area (Å²) in [6.45, 7) is 3.20. The van der Waals surface area contributed by atoms with Crippen LogP contribution in [0.4, 0.5) is 5.69 Å². The lowest BCUT2D eigenvalue weighted by Gasteiger charge is -2.25. The summed E-state index contributed by atoms with van der Waals surface area (Å²) in [5, 5.41) is 9.63. The molecule has 0 atom stereocenters. The van der Waals surface area contributed by atoms with Gasteiger partial charge < -0.3 is 15.6 Å². The van der Waals surface area contributed by atoms with E-state index in [2.05, 4.69) is 0 Å². The molecular weight excluding hydrogens is 280 g/mol. The number of nitrogens with zero attached hydrogens (tertiary/aromatic N) is 1. The second-order valence-corrected chi connectivity index (χ2v) is 7.50. The van der Waals surface area contributed by atoms with Gasteiger partial charge in [-0.05, 0) is 38.1 Å². The minimum atomic E-state index is -3.45. The van der Waals surface area contributed by atoms with Crippen LogP contribution < -0.4 is 10.5 Å². The number of likely N-dealkylation sites (N-methyl/N-ethyl adjacent to an activating group) is 1. The molecule has 0 aliphatic carbocycles. The highest BCUT2D eigenvalue weighted by atomic mass is 32.2. The van der Waals surface area contributed by atoms with Crippen LogP contribution in [0.2, 0.25) is 0 Å². The van der Waals surface area contributed by atoms with E-state index in [-0.39, 0.29) is 18.9 Å². The van der Waals surface area contributed by atoms with Gasteiger partial charge in [0.1, 0.15) is 12.4 Å². The Kier molecular flexibility index (Phi) is 5.38. The molecule has 0 aliphatic rings. The van der Waals surface area contributed by atoms with Gasteiger partial charge in [-0.3, -0.25) is 0 Å². The smallest absolute Gasteiger partial charge is 0.217 e. The van der Waals surface area contributed by atoms with Crippen LogP contribution >= 0.6 is 0 Å². The van der Waals surface area contributed by atoms with Gasteiger partial charge in [0.2, 0.25) is 10.0 Å². The third kappa shape index (κ3) is 5.77. The zero-order valence-electron chi connectivity index (χ0n) is 12.0. The van der Waals surface area contributed by atoms with E-state index < -0.39 is 15.6 Å². The second-order valence-electron chi connectivity index (χ2n) is 5.30. The molecule has 3 N–H and O–H groups in total. The summed E-state index contributed by atoms with van der Waals surface area (Å²) in [5.74, 6) is 0.420. The summed E-state index contributed by atoms with van der Waals surface area (Å²) in [7, 11) is -2.01. The van der Waals surface area contributed by atoms with Gasteiger partial charge in [0, 0.05) is 19.3 Å². The first kappa shape index (κ1) is 16.7.